The summed E-state index contributed by atoms with van der Waals surface area (Å²) in [7, 11) is 0. The Kier molecular flexibility index (Phi) is 5.61. The van der Waals surface area contributed by atoms with E-state index < -0.39 is 5.91 Å². The van der Waals surface area contributed by atoms with Crippen molar-refractivity contribution in [2.24, 2.45) is 5.73 Å². The van der Waals surface area contributed by atoms with Gasteiger partial charge in [0.1, 0.15) is 0 Å². The standard InChI is InChI=1S/C17H18N2O2S/c1-2-12-7-3-5-9-14(12)19-17(21)13-8-4-6-10-15(13)22-11-16(18)20/h3-10H,2,11H2,1H3,(H2,18,20)(H,19,21). The van der Waals surface area contributed by atoms with E-state index in [2.05, 4.69) is 5.32 Å². The summed E-state index contributed by atoms with van der Waals surface area (Å²) < 4.78 is 0. The number of para-hydroxylation sites is 1. The van der Waals surface area contributed by atoms with Gasteiger partial charge in [-0.25, -0.2) is 0 Å². The molecule has 5 heteroatoms. The van der Waals surface area contributed by atoms with Crippen LogP contribution >= 0.6 is 11.8 Å². The summed E-state index contributed by atoms with van der Waals surface area (Å²) in [6.07, 6.45) is 0.842. The summed E-state index contributed by atoms with van der Waals surface area (Å²) >= 11 is 1.27. The molecule has 2 aromatic rings. The van der Waals surface area contributed by atoms with Gasteiger partial charge in [0.15, 0.2) is 0 Å². The lowest BCUT2D eigenvalue weighted by atomic mass is 10.1. The van der Waals surface area contributed by atoms with Crippen LogP contribution in [0.5, 0.6) is 0 Å². The number of amides is 2. The molecule has 0 spiro atoms. The Morgan fingerprint density at radius 2 is 1.77 bits per heavy atom. The van der Waals surface area contributed by atoms with E-state index in [0.717, 1.165) is 22.6 Å². The number of carbonyl (C=O) groups is 2. The average molecular weight is 314 g/mol. The monoisotopic (exact) mass is 314 g/mol. The Morgan fingerprint density at radius 1 is 1.09 bits per heavy atom. The minimum atomic E-state index is -0.406. The fraction of sp³-hybridized carbons (Fsp3) is 0.176. The van der Waals surface area contributed by atoms with Gasteiger partial charge >= 0.3 is 0 Å². The average Bonchev–Trinajstić information content (AvgIpc) is 2.53. The highest BCUT2D eigenvalue weighted by Crippen LogP contribution is 2.24. The molecular formula is C17H18N2O2S. The molecule has 2 rings (SSSR count). The van der Waals surface area contributed by atoms with Gasteiger partial charge in [-0.15, -0.1) is 11.8 Å². The highest BCUT2D eigenvalue weighted by molar-refractivity contribution is 8.00. The number of hydrogen-bond donors (Lipinski definition) is 2. The minimum Gasteiger partial charge on any atom is -0.369 e. The van der Waals surface area contributed by atoms with Crippen molar-refractivity contribution in [1.29, 1.82) is 0 Å². The van der Waals surface area contributed by atoms with Gasteiger partial charge in [-0.3, -0.25) is 9.59 Å². The largest absolute Gasteiger partial charge is 0.369 e. The maximum absolute atomic E-state index is 12.5. The fourth-order valence-electron chi connectivity index (χ4n) is 2.07. The zero-order chi connectivity index (χ0) is 15.9. The van der Waals surface area contributed by atoms with E-state index in [0.29, 0.717) is 5.56 Å². The zero-order valence-electron chi connectivity index (χ0n) is 12.3. The molecule has 0 aromatic heterocycles. The van der Waals surface area contributed by atoms with E-state index >= 15 is 0 Å². The molecule has 0 atom stereocenters. The van der Waals surface area contributed by atoms with E-state index in [1.807, 2.05) is 43.3 Å². The molecule has 2 aromatic carbocycles. The first-order valence-corrected chi connectivity index (χ1v) is 7.99. The smallest absolute Gasteiger partial charge is 0.256 e. The molecule has 0 aliphatic heterocycles. The lowest BCUT2D eigenvalue weighted by Crippen LogP contribution is -2.16. The molecule has 0 bridgehead atoms. The maximum atomic E-state index is 12.5. The fourth-order valence-corrected chi connectivity index (χ4v) is 2.86. The van der Waals surface area contributed by atoms with Crippen LogP contribution in [0.25, 0.3) is 0 Å². The van der Waals surface area contributed by atoms with E-state index in [1.165, 1.54) is 11.8 Å². The summed E-state index contributed by atoms with van der Waals surface area (Å²) in [6.45, 7) is 2.04. The third kappa shape index (κ3) is 4.11. The van der Waals surface area contributed by atoms with Gasteiger partial charge in [0.25, 0.3) is 5.91 Å². The number of anilines is 1. The van der Waals surface area contributed by atoms with Crippen LogP contribution in [0.15, 0.2) is 53.4 Å². The second kappa shape index (κ2) is 7.66. The van der Waals surface area contributed by atoms with Crippen LogP contribution in [0.3, 0.4) is 0 Å². The van der Waals surface area contributed by atoms with Crippen molar-refractivity contribution in [1.82, 2.24) is 0 Å². The number of hydrogen-bond acceptors (Lipinski definition) is 3. The van der Waals surface area contributed by atoms with Crippen LogP contribution in [0.2, 0.25) is 0 Å². The van der Waals surface area contributed by atoms with E-state index in [9.17, 15) is 9.59 Å². The number of carbonyl (C=O) groups excluding carboxylic acids is 2. The lowest BCUT2D eigenvalue weighted by Gasteiger charge is -2.12. The van der Waals surface area contributed by atoms with Gasteiger partial charge in [-0.1, -0.05) is 37.3 Å². The molecule has 114 valence electrons. The summed E-state index contributed by atoms with van der Waals surface area (Å²) in [5.41, 5.74) is 7.60. The normalized spacial score (nSPS) is 10.2. The first kappa shape index (κ1) is 16.1. The molecule has 0 heterocycles. The van der Waals surface area contributed by atoms with Crippen molar-refractivity contribution in [3.8, 4) is 0 Å². The second-order valence-corrected chi connectivity index (χ2v) is 5.73. The van der Waals surface area contributed by atoms with Gasteiger partial charge in [-0.05, 0) is 30.2 Å². The lowest BCUT2D eigenvalue weighted by molar-refractivity contribution is -0.115. The quantitative estimate of drug-likeness (QED) is 0.805. The van der Waals surface area contributed by atoms with Gasteiger partial charge in [0.2, 0.25) is 5.91 Å². The number of aryl methyl sites for hydroxylation is 1. The maximum Gasteiger partial charge on any atom is 0.256 e. The molecule has 0 saturated carbocycles. The molecule has 0 aliphatic rings. The Balaban J connectivity index is 2.20. The van der Waals surface area contributed by atoms with Crippen LogP contribution in [0.1, 0.15) is 22.8 Å². The Bertz CT molecular complexity index is 686. The topological polar surface area (TPSA) is 72.2 Å². The number of thioether (sulfide) groups is 1. The van der Waals surface area contributed by atoms with Gasteiger partial charge in [0.05, 0.1) is 11.3 Å². The first-order valence-electron chi connectivity index (χ1n) is 7.01. The Hall–Kier alpha value is -2.27. The molecule has 3 N–H and O–H groups in total. The molecular weight excluding hydrogens is 296 g/mol. The van der Waals surface area contributed by atoms with Crippen molar-refractivity contribution in [3.05, 3.63) is 59.7 Å². The number of primary amides is 1. The van der Waals surface area contributed by atoms with Crippen LogP contribution < -0.4 is 11.1 Å². The van der Waals surface area contributed by atoms with Crippen LogP contribution in [-0.4, -0.2) is 17.6 Å². The van der Waals surface area contributed by atoms with Gasteiger partial charge in [-0.2, -0.15) is 0 Å². The molecule has 4 nitrogen and oxygen atoms in total. The van der Waals surface area contributed by atoms with Gasteiger partial charge < -0.3 is 11.1 Å². The molecule has 0 saturated heterocycles. The highest BCUT2D eigenvalue weighted by Gasteiger charge is 2.13. The Morgan fingerprint density at radius 3 is 2.50 bits per heavy atom. The van der Waals surface area contributed by atoms with E-state index in [1.54, 1.807) is 12.1 Å². The Labute approximate surface area is 134 Å². The van der Waals surface area contributed by atoms with Crippen LogP contribution in [0.4, 0.5) is 5.69 Å². The number of rotatable bonds is 6. The second-order valence-electron chi connectivity index (χ2n) is 4.72. The molecule has 22 heavy (non-hydrogen) atoms. The van der Waals surface area contributed by atoms with Crippen LogP contribution in [-0.2, 0) is 11.2 Å². The zero-order valence-corrected chi connectivity index (χ0v) is 13.2. The van der Waals surface area contributed by atoms with Crippen molar-refractivity contribution >= 4 is 29.3 Å². The summed E-state index contributed by atoms with van der Waals surface area (Å²) in [5.74, 6) is -0.444. The van der Waals surface area contributed by atoms with Crippen molar-refractivity contribution in [3.63, 3.8) is 0 Å². The SMILES string of the molecule is CCc1ccccc1NC(=O)c1ccccc1SCC(N)=O. The summed E-state index contributed by atoms with van der Waals surface area (Å²) in [6, 6.07) is 14.9. The van der Waals surface area contributed by atoms with E-state index in [4.69, 9.17) is 5.73 Å². The van der Waals surface area contributed by atoms with E-state index in [-0.39, 0.29) is 11.7 Å². The predicted molar refractivity (Wildman–Crippen MR) is 90.1 cm³/mol. The van der Waals surface area contributed by atoms with Crippen molar-refractivity contribution < 1.29 is 9.59 Å². The number of nitrogens with two attached hydrogens (primary N) is 1. The molecule has 2 amide bonds. The van der Waals surface area contributed by atoms with Crippen molar-refractivity contribution in [2.75, 3.05) is 11.1 Å². The molecule has 0 unspecified atom stereocenters. The summed E-state index contributed by atoms with van der Waals surface area (Å²) in [5, 5.41) is 2.94. The van der Waals surface area contributed by atoms with Gasteiger partial charge in [0, 0.05) is 10.6 Å². The third-order valence-corrected chi connectivity index (χ3v) is 4.24. The molecule has 0 aliphatic carbocycles. The third-order valence-electron chi connectivity index (χ3n) is 3.15. The number of benzene rings is 2. The highest BCUT2D eigenvalue weighted by atomic mass is 32.2. The van der Waals surface area contributed by atoms with Crippen molar-refractivity contribution in [2.45, 2.75) is 18.2 Å². The predicted octanol–water partition coefficient (Wildman–Crippen LogP) is 3.08. The number of nitrogens with one attached hydrogen (secondary N) is 1. The minimum absolute atomic E-state index is 0.149. The first-order chi connectivity index (χ1) is 10.6. The molecule has 0 radical (unpaired) electrons. The van der Waals surface area contributed by atoms with Crippen LogP contribution in [0, 0.1) is 0 Å². The molecule has 0 fully saturated rings. The summed E-state index contributed by atoms with van der Waals surface area (Å²) in [4.78, 5) is 24.2.